The van der Waals surface area contributed by atoms with Crippen molar-refractivity contribution in [2.75, 3.05) is 13.2 Å². The van der Waals surface area contributed by atoms with Crippen molar-refractivity contribution in [1.82, 2.24) is 0 Å². The van der Waals surface area contributed by atoms with E-state index in [2.05, 4.69) is 22.9 Å². The number of carbonyl (C=O) groups is 1. The van der Waals surface area contributed by atoms with Gasteiger partial charge in [-0.15, -0.1) is 0 Å². The maximum absolute atomic E-state index is 11.1. The van der Waals surface area contributed by atoms with E-state index in [4.69, 9.17) is 19.3 Å². The molecule has 6 heteroatoms. The van der Waals surface area contributed by atoms with E-state index in [-0.39, 0.29) is 0 Å². The van der Waals surface area contributed by atoms with Crippen molar-refractivity contribution in [2.24, 2.45) is 0 Å². The van der Waals surface area contributed by atoms with Gasteiger partial charge >= 0.3 is 5.97 Å². The topological polar surface area (TPSA) is 65.0 Å². The number of aryl methyl sites for hydroxylation is 1. The van der Waals surface area contributed by atoms with Crippen molar-refractivity contribution in [1.29, 1.82) is 0 Å². The summed E-state index contributed by atoms with van der Waals surface area (Å²) in [6.07, 6.45) is 2.62. The molecule has 32 heavy (non-hydrogen) atoms. The van der Waals surface area contributed by atoms with Crippen LogP contribution in [-0.4, -0.2) is 24.3 Å². The van der Waals surface area contributed by atoms with Crippen molar-refractivity contribution in [3.05, 3.63) is 83.9 Å². The van der Waals surface area contributed by atoms with Crippen LogP contribution < -0.4 is 14.2 Å². The molecule has 0 aromatic heterocycles. The summed E-state index contributed by atoms with van der Waals surface area (Å²) in [5.74, 6) is 2.17. The molecule has 0 aliphatic heterocycles. The van der Waals surface area contributed by atoms with E-state index in [1.54, 1.807) is 18.2 Å². The van der Waals surface area contributed by atoms with Crippen molar-refractivity contribution in [3.63, 3.8) is 0 Å². The fourth-order valence-electron chi connectivity index (χ4n) is 3.19. The highest BCUT2D eigenvalue weighted by molar-refractivity contribution is 9.09. The maximum atomic E-state index is 11.1. The Morgan fingerprint density at radius 1 is 0.906 bits per heavy atom. The molecule has 3 aromatic rings. The second-order valence-electron chi connectivity index (χ2n) is 7.26. The Hall–Kier alpha value is -2.99. The molecular weight excluding hydrogens is 472 g/mol. The molecule has 3 rings (SSSR count). The summed E-state index contributed by atoms with van der Waals surface area (Å²) >= 11 is 3.16. The van der Waals surface area contributed by atoms with Gasteiger partial charge in [0, 0.05) is 6.42 Å². The number of ether oxygens (including phenoxy) is 3. The second-order valence-corrected chi connectivity index (χ2v) is 8.17. The molecule has 0 aliphatic rings. The Kier molecular flexibility index (Phi) is 8.99. The monoisotopic (exact) mass is 498 g/mol. The SMILES string of the molecule is CCCc1cc(Oc2ccccc2)ccc1OCCCOc1cccc(C(Br)C(=O)O)c1. The Morgan fingerprint density at radius 2 is 1.66 bits per heavy atom. The Balaban J connectivity index is 1.51. The fourth-order valence-corrected chi connectivity index (χ4v) is 3.47. The summed E-state index contributed by atoms with van der Waals surface area (Å²) < 4.78 is 17.7. The molecule has 0 aliphatic carbocycles. The fraction of sp³-hybridized carbons (Fsp3) is 0.269. The number of alkyl halides is 1. The van der Waals surface area contributed by atoms with Gasteiger partial charge < -0.3 is 19.3 Å². The van der Waals surface area contributed by atoms with Crippen LogP contribution in [0.2, 0.25) is 0 Å². The average molecular weight is 499 g/mol. The van der Waals surface area contributed by atoms with Gasteiger partial charge in [0.25, 0.3) is 0 Å². The molecule has 0 radical (unpaired) electrons. The van der Waals surface area contributed by atoms with Crippen molar-refractivity contribution in [3.8, 4) is 23.0 Å². The van der Waals surface area contributed by atoms with Gasteiger partial charge in [-0.3, -0.25) is 4.79 Å². The van der Waals surface area contributed by atoms with Gasteiger partial charge in [-0.05, 0) is 60.0 Å². The number of benzene rings is 3. The van der Waals surface area contributed by atoms with Crippen LogP contribution in [0.4, 0.5) is 0 Å². The first-order chi connectivity index (χ1) is 15.6. The third-order valence-electron chi connectivity index (χ3n) is 4.71. The molecule has 5 nitrogen and oxygen atoms in total. The predicted octanol–water partition coefficient (Wildman–Crippen LogP) is 6.80. The highest BCUT2D eigenvalue weighted by Gasteiger charge is 2.16. The van der Waals surface area contributed by atoms with E-state index in [1.165, 1.54) is 0 Å². The first kappa shape index (κ1) is 23.7. The molecule has 1 unspecified atom stereocenters. The zero-order chi connectivity index (χ0) is 22.8. The molecule has 1 atom stereocenters. The number of aliphatic carboxylic acids is 1. The molecule has 0 bridgehead atoms. The molecule has 0 saturated carbocycles. The summed E-state index contributed by atoms with van der Waals surface area (Å²) in [4.78, 5) is 10.4. The number of rotatable bonds is 12. The summed E-state index contributed by atoms with van der Waals surface area (Å²) in [7, 11) is 0. The second kappa shape index (κ2) is 12.2. The van der Waals surface area contributed by atoms with Gasteiger partial charge in [0.2, 0.25) is 0 Å². The van der Waals surface area contributed by atoms with Crippen molar-refractivity contribution >= 4 is 21.9 Å². The van der Waals surface area contributed by atoms with Crippen molar-refractivity contribution < 1.29 is 24.1 Å². The molecule has 0 heterocycles. The van der Waals surface area contributed by atoms with Gasteiger partial charge in [-0.25, -0.2) is 0 Å². The van der Waals surface area contributed by atoms with Crippen molar-refractivity contribution in [2.45, 2.75) is 31.0 Å². The predicted molar refractivity (Wildman–Crippen MR) is 128 cm³/mol. The lowest BCUT2D eigenvalue weighted by atomic mass is 10.1. The number of carboxylic acids is 1. The molecule has 0 amide bonds. The minimum atomic E-state index is -0.932. The van der Waals surface area contributed by atoms with Gasteiger partial charge in [0.05, 0.1) is 13.2 Å². The standard InChI is InChI=1S/C26H27BrO5/c1-2-8-19-17-23(32-21-10-4-3-5-11-21)13-14-24(19)31-16-7-15-30-22-12-6-9-20(18-22)25(27)26(28)29/h3-6,9-14,17-18,25H,2,7-8,15-16H2,1H3,(H,28,29). The van der Waals surface area contributed by atoms with E-state index < -0.39 is 10.8 Å². The highest BCUT2D eigenvalue weighted by Crippen LogP contribution is 2.29. The van der Waals surface area contributed by atoms with Crippen LogP contribution in [-0.2, 0) is 11.2 Å². The Bertz CT molecular complexity index is 1010. The number of halogens is 1. The summed E-state index contributed by atoms with van der Waals surface area (Å²) in [5, 5.41) is 9.12. The van der Waals surface area contributed by atoms with E-state index in [1.807, 2.05) is 54.6 Å². The smallest absolute Gasteiger partial charge is 0.321 e. The quantitative estimate of drug-likeness (QED) is 0.219. The first-order valence-corrected chi connectivity index (χ1v) is 11.6. The lowest BCUT2D eigenvalue weighted by Gasteiger charge is -2.14. The number of hydrogen-bond acceptors (Lipinski definition) is 4. The van der Waals surface area contributed by atoms with E-state index in [0.29, 0.717) is 30.9 Å². The number of carboxylic acid groups (broad SMARTS) is 1. The molecule has 1 N–H and O–H groups in total. The van der Waals surface area contributed by atoms with Crippen LogP contribution in [0, 0.1) is 0 Å². The van der Waals surface area contributed by atoms with E-state index in [0.717, 1.165) is 35.7 Å². The van der Waals surface area contributed by atoms with E-state index >= 15 is 0 Å². The van der Waals surface area contributed by atoms with Crippen LogP contribution in [0.5, 0.6) is 23.0 Å². The highest BCUT2D eigenvalue weighted by atomic mass is 79.9. The van der Waals surface area contributed by atoms with Gasteiger partial charge in [-0.2, -0.15) is 0 Å². The zero-order valence-electron chi connectivity index (χ0n) is 18.0. The normalized spacial score (nSPS) is 11.6. The van der Waals surface area contributed by atoms with Gasteiger partial charge in [0.15, 0.2) is 0 Å². The molecule has 0 saturated heterocycles. The molecule has 0 spiro atoms. The molecule has 0 fully saturated rings. The summed E-state index contributed by atoms with van der Waals surface area (Å²) in [5.41, 5.74) is 1.76. The third-order valence-corrected chi connectivity index (χ3v) is 5.63. The summed E-state index contributed by atoms with van der Waals surface area (Å²) in [6, 6.07) is 22.7. The molecule has 3 aromatic carbocycles. The number of hydrogen-bond donors (Lipinski definition) is 1. The van der Waals surface area contributed by atoms with Gasteiger partial charge in [0.1, 0.15) is 27.8 Å². The minimum Gasteiger partial charge on any atom is -0.493 e. The Labute approximate surface area is 197 Å². The minimum absolute atomic E-state index is 0.474. The first-order valence-electron chi connectivity index (χ1n) is 10.6. The van der Waals surface area contributed by atoms with Crippen LogP contribution in [0.3, 0.4) is 0 Å². The third kappa shape index (κ3) is 7.02. The average Bonchev–Trinajstić information content (AvgIpc) is 2.80. The van der Waals surface area contributed by atoms with Crippen LogP contribution in [0.15, 0.2) is 72.8 Å². The maximum Gasteiger partial charge on any atom is 0.321 e. The lowest BCUT2D eigenvalue weighted by Crippen LogP contribution is -2.07. The largest absolute Gasteiger partial charge is 0.493 e. The van der Waals surface area contributed by atoms with Gasteiger partial charge in [-0.1, -0.05) is 59.6 Å². The molecular formula is C26H27BrO5. The van der Waals surface area contributed by atoms with Crippen LogP contribution in [0.25, 0.3) is 0 Å². The lowest BCUT2D eigenvalue weighted by molar-refractivity contribution is -0.136. The van der Waals surface area contributed by atoms with E-state index in [9.17, 15) is 4.79 Å². The molecule has 168 valence electrons. The number of para-hydroxylation sites is 1. The van der Waals surface area contributed by atoms with Crippen LogP contribution >= 0.6 is 15.9 Å². The Morgan fingerprint density at radius 3 is 2.41 bits per heavy atom. The van der Waals surface area contributed by atoms with Crippen LogP contribution in [0.1, 0.15) is 35.7 Å². The zero-order valence-corrected chi connectivity index (χ0v) is 19.6. The summed E-state index contributed by atoms with van der Waals surface area (Å²) in [6.45, 7) is 3.13.